The normalized spacial score (nSPS) is 20.8. The topological polar surface area (TPSA) is 34.1 Å². The molecule has 0 bridgehead atoms. The first-order valence-electron chi connectivity index (χ1n) is 8.75. The maximum atomic E-state index is 11.7. The van der Waals surface area contributed by atoms with Crippen LogP contribution in [0.1, 0.15) is 56.8 Å². The Balaban J connectivity index is 0.000000146. The van der Waals surface area contributed by atoms with Gasteiger partial charge in [-0.2, -0.15) is 0 Å². The van der Waals surface area contributed by atoms with Gasteiger partial charge in [0.15, 0.2) is 11.6 Å². The van der Waals surface area contributed by atoms with Crippen molar-refractivity contribution in [3.05, 3.63) is 68.2 Å². The van der Waals surface area contributed by atoms with Crippen LogP contribution in [-0.4, -0.2) is 11.6 Å². The van der Waals surface area contributed by atoms with Gasteiger partial charge in [-0.3, -0.25) is 9.59 Å². The summed E-state index contributed by atoms with van der Waals surface area (Å²) >= 11 is 3.50. The first kappa shape index (κ1) is 18.1. The Labute approximate surface area is 157 Å². The molecule has 0 amide bonds. The largest absolute Gasteiger partial charge is 0.294 e. The maximum absolute atomic E-state index is 11.7. The van der Waals surface area contributed by atoms with Crippen molar-refractivity contribution in [3.8, 4) is 0 Å². The predicted octanol–water partition coefficient (Wildman–Crippen LogP) is 5.50. The van der Waals surface area contributed by atoms with Crippen LogP contribution >= 0.6 is 15.9 Å². The predicted molar refractivity (Wildman–Crippen MR) is 104 cm³/mol. The van der Waals surface area contributed by atoms with Crippen molar-refractivity contribution in [2.45, 2.75) is 40.5 Å². The van der Waals surface area contributed by atoms with Gasteiger partial charge >= 0.3 is 0 Å². The number of carbonyl (C=O) groups is 2. The molecule has 0 heterocycles. The number of hydrogen-bond acceptors (Lipinski definition) is 2. The number of aryl methyl sites for hydroxylation is 2. The lowest BCUT2D eigenvalue weighted by atomic mass is 10.1. The summed E-state index contributed by atoms with van der Waals surface area (Å²) in [4.78, 5) is 23.2. The Hall–Kier alpha value is -1.74. The Morgan fingerprint density at radius 3 is 2.16 bits per heavy atom. The minimum absolute atomic E-state index is 0.160. The van der Waals surface area contributed by atoms with E-state index in [1.807, 2.05) is 39.8 Å². The molecule has 0 saturated heterocycles. The van der Waals surface area contributed by atoms with Gasteiger partial charge in [0, 0.05) is 27.4 Å². The van der Waals surface area contributed by atoms with Crippen LogP contribution in [-0.2, 0) is 12.8 Å². The van der Waals surface area contributed by atoms with Crippen molar-refractivity contribution in [2.75, 3.05) is 0 Å². The van der Waals surface area contributed by atoms with Crippen molar-refractivity contribution in [3.63, 3.8) is 0 Å². The summed E-state index contributed by atoms with van der Waals surface area (Å²) in [6.07, 6.45) is 1.81. The average Bonchev–Trinajstić information content (AvgIpc) is 2.99. The summed E-state index contributed by atoms with van der Waals surface area (Å²) in [5, 5.41) is 0. The molecule has 2 nitrogen and oxygen atoms in total. The fourth-order valence-electron chi connectivity index (χ4n) is 3.65. The van der Waals surface area contributed by atoms with Crippen LogP contribution in [0.3, 0.4) is 0 Å². The van der Waals surface area contributed by atoms with E-state index < -0.39 is 0 Å². The van der Waals surface area contributed by atoms with E-state index >= 15 is 0 Å². The molecule has 0 saturated carbocycles. The molecule has 0 aromatic heterocycles. The molecule has 25 heavy (non-hydrogen) atoms. The maximum Gasteiger partial charge on any atom is 0.166 e. The smallest absolute Gasteiger partial charge is 0.166 e. The third-order valence-electron chi connectivity index (χ3n) is 5.07. The van der Waals surface area contributed by atoms with E-state index in [9.17, 15) is 9.59 Å². The van der Waals surface area contributed by atoms with E-state index in [2.05, 4.69) is 34.1 Å². The SMILES string of the molecule is Cc1cc(Br)c2c(c1)C(=O)C(C)C2.Cc1ccc2c(c1)C(=O)C(C)C2. The van der Waals surface area contributed by atoms with Gasteiger partial charge in [-0.15, -0.1) is 0 Å². The number of ketones is 2. The zero-order valence-corrected chi connectivity index (χ0v) is 16.7. The van der Waals surface area contributed by atoms with Gasteiger partial charge in [0.05, 0.1) is 0 Å². The van der Waals surface area contributed by atoms with Crippen LogP contribution in [0.5, 0.6) is 0 Å². The number of hydrogen-bond donors (Lipinski definition) is 0. The van der Waals surface area contributed by atoms with E-state index in [-0.39, 0.29) is 11.8 Å². The zero-order valence-electron chi connectivity index (χ0n) is 15.2. The standard InChI is InChI=1S/C11H11BrO.C11H12O/c1-6-3-9-8(10(12)4-6)5-7(2)11(9)13;1-7-3-4-9-6-8(2)11(12)10(9)5-7/h3-4,7H,5H2,1-2H3;3-5,8H,6H2,1-2H3. The summed E-state index contributed by atoms with van der Waals surface area (Å²) < 4.78 is 1.08. The summed E-state index contributed by atoms with van der Waals surface area (Å²) in [5.41, 5.74) is 6.59. The molecule has 0 N–H and O–H groups in total. The fourth-order valence-corrected chi connectivity index (χ4v) is 4.39. The Kier molecular flexibility index (Phi) is 4.97. The molecular weight excluding hydrogens is 376 g/mol. The Bertz CT molecular complexity index is 867. The van der Waals surface area contributed by atoms with Crippen LogP contribution in [0, 0.1) is 25.7 Å². The summed E-state index contributed by atoms with van der Waals surface area (Å²) in [5.74, 6) is 0.961. The van der Waals surface area contributed by atoms with Gasteiger partial charge in [-0.1, -0.05) is 47.5 Å². The second-order valence-electron chi connectivity index (χ2n) is 7.37. The van der Waals surface area contributed by atoms with E-state index in [4.69, 9.17) is 0 Å². The summed E-state index contributed by atoms with van der Waals surface area (Å²) in [7, 11) is 0. The van der Waals surface area contributed by atoms with E-state index in [1.165, 1.54) is 16.7 Å². The van der Waals surface area contributed by atoms with Gasteiger partial charge in [-0.05, 0) is 61.6 Å². The number of benzene rings is 2. The minimum atomic E-state index is 0.160. The van der Waals surface area contributed by atoms with Crippen LogP contribution in [0.15, 0.2) is 34.8 Å². The zero-order chi connectivity index (χ0) is 18.3. The van der Waals surface area contributed by atoms with Gasteiger partial charge in [0.25, 0.3) is 0 Å². The molecule has 2 aliphatic carbocycles. The Morgan fingerprint density at radius 1 is 0.840 bits per heavy atom. The van der Waals surface area contributed by atoms with Crippen LogP contribution in [0.25, 0.3) is 0 Å². The van der Waals surface area contributed by atoms with Crippen LogP contribution in [0.4, 0.5) is 0 Å². The highest BCUT2D eigenvalue weighted by molar-refractivity contribution is 9.10. The van der Waals surface area contributed by atoms with Gasteiger partial charge in [0.2, 0.25) is 0 Å². The second kappa shape index (κ2) is 6.87. The molecule has 3 heteroatoms. The molecule has 2 aromatic carbocycles. The van der Waals surface area contributed by atoms with E-state index in [0.29, 0.717) is 11.6 Å². The fraction of sp³-hybridized carbons (Fsp3) is 0.364. The third kappa shape index (κ3) is 3.48. The first-order valence-corrected chi connectivity index (χ1v) is 9.54. The molecule has 2 unspecified atom stereocenters. The van der Waals surface area contributed by atoms with Gasteiger partial charge in [0.1, 0.15) is 0 Å². The molecule has 0 aliphatic heterocycles. The number of carbonyl (C=O) groups excluding carboxylic acids is 2. The quantitative estimate of drug-likeness (QED) is 0.586. The summed E-state index contributed by atoms with van der Waals surface area (Å²) in [6, 6.07) is 10.2. The summed E-state index contributed by atoms with van der Waals surface area (Å²) in [6.45, 7) is 8.03. The van der Waals surface area contributed by atoms with Crippen LogP contribution < -0.4 is 0 Å². The van der Waals surface area contributed by atoms with Gasteiger partial charge < -0.3 is 0 Å². The highest BCUT2D eigenvalue weighted by atomic mass is 79.9. The molecule has 130 valence electrons. The number of rotatable bonds is 0. The molecule has 4 rings (SSSR count). The van der Waals surface area contributed by atoms with Crippen LogP contribution in [0.2, 0.25) is 0 Å². The lowest BCUT2D eigenvalue weighted by molar-refractivity contribution is 0.0939. The average molecular weight is 399 g/mol. The molecule has 0 radical (unpaired) electrons. The van der Waals surface area contributed by atoms with Crippen molar-refractivity contribution in [2.24, 2.45) is 11.8 Å². The molecule has 0 spiro atoms. The molecular formula is C22H23BrO2. The lowest BCUT2D eigenvalue weighted by Crippen LogP contribution is -2.02. The van der Waals surface area contributed by atoms with Gasteiger partial charge in [-0.25, -0.2) is 0 Å². The van der Waals surface area contributed by atoms with Crippen molar-refractivity contribution in [1.29, 1.82) is 0 Å². The van der Waals surface area contributed by atoms with Crippen molar-refractivity contribution < 1.29 is 9.59 Å². The van der Waals surface area contributed by atoms with E-state index in [1.54, 1.807) is 0 Å². The van der Waals surface area contributed by atoms with Crippen molar-refractivity contribution in [1.82, 2.24) is 0 Å². The molecule has 2 atom stereocenters. The molecule has 0 fully saturated rings. The number of fused-ring (bicyclic) bond motifs is 2. The third-order valence-corrected chi connectivity index (χ3v) is 5.78. The highest BCUT2D eigenvalue weighted by Crippen LogP contribution is 2.33. The van der Waals surface area contributed by atoms with E-state index in [0.717, 1.165) is 34.0 Å². The first-order chi connectivity index (χ1) is 11.8. The minimum Gasteiger partial charge on any atom is -0.294 e. The second-order valence-corrected chi connectivity index (χ2v) is 8.23. The van der Waals surface area contributed by atoms with Crippen molar-refractivity contribution >= 4 is 27.5 Å². The molecule has 2 aromatic rings. The number of halogens is 1. The lowest BCUT2D eigenvalue weighted by Gasteiger charge is -2.02. The number of Topliss-reactive ketones (excluding diaryl/α,β-unsaturated/α-hetero) is 2. The Morgan fingerprint density at radius 2 is 1.44 bits per heavy atom. The molecule has 2 aliphatic rings. The highest BCUT2D eigenvalue weighted by Gasteiger charge is 2.28. The monoisotopic (exact) mass is 398 g/mol.